The van der Waals surface area contributed by atoms with Crippen LogP contribution in [-0.2, 0) is 5.41 Å². The molecular weight excluding hydrogens is 725 g/mol. The molecule has 0 unspecified atom stereocenters. The fourth-order valence-electron chi connectivity index (χ4n) is 11.0. The van der Waals surface area contributed by atoms with Crippen molar-refractivity contribution < 1.29 is 4.42 Å². The molecule has 0 spiro atoms. The third-order valence-electron chi connectivity index (χ3n) is 13.6. The lowest BCUT2D eigenvalue weighted by molar-refractivity contribution is 0.657. The van der Waals surface area contributed by atoms with Gasteiger partial charge in [0.1, 0.15) is 11.2 Å². The summed E-state index contributed by atoms with van der Waals surface area (Å²) < 4.78 is 6.57. The van der Waals surface area contributed by atoms with Crippen LogP contribution in [0.5, 0.6) is 0 Å². The third-order valence-corrected chi connectivity index (χ3v) is 13.6. The average Bonchev–Trinajstić information content (AvgIpc) is 3.79. The number of fused-ring (bicyclic) bond motifs is 13. The Labute approximate surface area is 347 Å². The van der Waals surface area contributed by atoms with E-state index in [4.69, 9.17) is 4.42 Å². The Morgan fingerprint density at radius 1 is 0.333 bits per heavy atom. The fourth-order valence-corrected chi connectivity index (χ4v) is 11.0. The number of furan rings is 1. The highest BCUT2D eigenvalue weighted by molar-refractivity contribution is 6.26. The maximum Gasteiger partial charge on any atom is 0.136 e. The van der Waals surface area contributed by atoms with Gasteiger partial charge < -0.3 is 4.42 Å². The van der Waals surface area contributed by atoms with E-state index in [1.807, 2.05) is 0 Å². The van der Waals surface area contributed by atoms with Gasteiger partial charge in [-0.15, -0.1) is 0 Å². The highest BCUT2D eigenvalue weighted by atomic mass is 16.3. The van der Waals surface area contributed by atoms with Crippen LogP contribution in [0, 0.1) is 0 Å². The minimum atomic E-state index is -0.206. The minimum absolute atomic E-state index is 0.206. The van der Waals surface area contributed by atoms with Crippen molar-refractivity contribution in [3.05, 3.63) is 205 Å². The van der Waals surface area contributed by atoms with Gasteiger partial charge in [-0.25, -0.2) is 0 Å². The van der Waals surface area contributed by atoms with Crippen molar-refractivity contribution in [1.29, 1.82) is 0 Å². The molecule has 0 saturated heterocycles. The Morgan fingerprint density at radius 3 is 1.50 bits per heavy atom. The Kier molecular flexibility index (Phi) is 6.85. The van der Waals surface area contributed by atoms with E-state index >= 15 is 0 Å². The molecule has 1 aliphatic rings. The molecule has 11 aromatic carbocycles. The van der Waals surface area contributed by atoms with E-state index in [0.717, 1.165) is 11.2 Å². The lowest BCUT2D eigenvalue weighted by Gasteiger charge is -2.23. The zero-order chi connectivity index (χ0) is 39.7. The van der Waals surface area contributed by atoms with E-state index < -0.39 is 0 Å². The third kappa shape index (κ3) is 4.52. The molecule has 60 heavy (non-hydrogen) atoms. The number of rotatable bonds is 3. The first kappa shape index (κ1) is 33.5. The van der Waals surface area contributed by atoms with Gasteiger partial charge in [-0.2, -0.15) is 0 Å². The van der Waals surface area contributed by atoms with Crippen LogP contribution >= 0.6 is 0 Å². The Balaban J connectivity index is 1.03. The molecule has 0 fully saturated rings. The molecule has 1 aromatic heterocycles. The molecule has 1 heteroatoms. The van der Waals surface area contributed by atoms with Crippen LogP contribution in [-0.4, -0.2) is 0 Å². The minimum Gasteiger partial charge on any atom is -0.456 e. The summed E-state index contributed by atoms with van der Waals surface area (Å²) in [5.41, 5.74) is 14.6. The van der Waals surface area contributed by atoms with Gasteiger partial charge in [-0.05, 0) is 128 Å². The quantitative estimate of drug-likeness (QED) is 0.163. The second-order valence-electron chi connectivity index (χ2n) is 17.1. The number of hydrogen-bond acceptors (Lipinski definition) is 1. The maximum absolute atomic E-state index is 6.57. The molecule has 0 saturated carbocycles. The summed E-state index contributed by atoms with van der Waals surface area (Å²) in [4.78, 5) is 0. The summed E-state index contributed by atoms with van der Waals surface area (Å²) in [7, 11) is 0. The maximum atomic E-state index is 6.57. The molecule has 280 valence electrons. The van der Waals surface area contributed by atoms with Crippen molar-refractivity contribution in [3.63, 3.8) is 0 Å². The molecule has 0 N–H and O–H groups in total. The highest BCUT2D eigenvalue weighted by Crippen LogP contribution is 2.55. The van der Waals surface area contributed by atoms with Crippen LogP contribution in [0.1, 0.15) is 25.0 Å². The van der Waals surface area contributed by atoms with Gasteiger partial charge in [0.05, 0.1) is 0 Å². The van der Waals surface area contributed by atoms with Crippen LogP contribution < -0.4 is 0 Å². The standard InChI is InChI=1S/C59H38O/c1-59(2)51-31-26-37(34-50(51)49-30-33-53-57(58(49)59)56-40-18-6-4-15-36(40)27-32-52(56)60-53)39-28-29-48(42-20-8-7-19-41(39)42)55-46-23-11-9-21-44(46)54(45-22-10-12-24-47(45)55)43-25-13-16-35-14-3-5-17-38(35)43/h3-34H,1-2H3. The van der Waals surface area contributed by atoms with Crippen LogP contribution in [0.4, 0.5) is 0 Å². The van der Waals surface area contributed by atoms with Gasteiger partial charge in [0.15, 0.2) is 0 Å². The van der Waals surface area contributed by atoms with Gasteiger partial charge >= 0.3 is 0 Å². The van der Waals surface area contributed by atoms with Crippen LogP contribution in [0.3, 0.4) is 0 Å². The molecule has 0 radical (unpaired) electrons. The lowest BCUT2D eigenvalue weighted by Crippen LogP contribution is -2.15. The molecule has 0 amide bonds. The monoisotopic (exact) mass is 762 g/mol. The lowest BCUT2D eigenvalue weighted by atomic mass is 9.80. The summed E-state index contributed by atoms with van der Waals surface area (Å²) in [5, 5.41) is 15.0. The summed E-state index contributed by atoms with van der Waals surface area (Å²) in [6, 6.07) is 71.9. The van der Waals surface area contributed by atoms with Crippen molar-refractivity contribution in [2.75, 3.05) is 0 Å². The molecule has 1 nitrogen and oxygen atoms in total. The smallest absolute Gasteiger partial charge is 0.136 e. The van der Waals surface area contributed by atoms with Crippen LogP contribution in [0.15, 0.2) is 199 Å². The first-order valence-corrected chi connectivity index (χ1v) is 21.0. The van der Waals surface area contributed by atoms with E-state index in [0.29, 0.717) is 0 Å². The Hall–Kier alpha value is -7.48. The van der Waals surface area contributed by atoms with E-state index in [9.17, 15) is 0 Å². The first-order chi connectivity index (χ1) is 29.5. The molecular formula is C59H38O. The van der Waals surface area contributed by atoms with E-state index in [2.05, 4.69) is 208 Å². The van der Waals surface area contributed by atoms with E-state index in [1.165, 1.54) is 120 Å². The molecule has 0 atom stereocenters. The van der Waals surface area contributed by atoms with Gasteiger partial charge in [0.25, 0.3) is 0 Å². The second kappa shape index (κ2) is 12.3. The van der Waals surface area contributed by atoms with Crippen molar-refractivity contribution in [2.45, 2.75) is 19.3 Å². The normalized spacial score (nSPS) is 13.3. The van der Waals surface area contributed by atoms with E-state index in [1.54, 1.807) is 0 Å². The van der Waals surface area contributed by atoms with Gasteiger partial charge in [-0.1, -0.05) is 190 Å². The summed E-state index contributed by atoms with van der Waals surface area (Å²) in [5.74, 6) is 0. The van der Waals surface area contributed by atoms with Gasteiger partial charge in [-0.3, -0.25) is 0 Å². The van der Waals surface area contributed by atoms with Crippen molar-refractivity contribution in [3.8, 4) is 44.5 Å². The fraction of sp³-hybridized carbons (Fsp3) is 0.0508. The predicted molar refractivity (Wildman–Crippen MR) is 255 cm³/mol. The SMILES string of the molecule is CC1(C)c2ccc(-c3ccc(-c4c5ccccc5c(-c5cccc6ccccc56)c5ccccc45)c4ccccc34)cc2-c2ccc3oc4ccc5ccccc5c4c3c21. The molecule has 0 bridgehead atoms. The molecule has 0 aliphatic heterocycles. The average molecular weight is 763 g/mol. The Bertz CT molecular complexity index is 3740. The van der Waals surface area contributed by atoms with Crippen LogP contribution in [0.25, 0.3) is 120 Å². The zero-order valence-corrected chi connectivity index (χ0v) is 33.4. The highest BCUT2D eigenvalue weighted by Gasteiger charge is 2.38. The van der Waals surface area contributed by atoms with Crippen molar-refractivity contribution >= 4 is 75.8 Å². The Morgan fingerprint density at radius 2 is 0.817 bits per heavy atom. The molecule has 1 aliphatic carbocycles. The number of benzene rings is 11. The largest absolute Gasteiger partial charge is 0.456 e. The van der Waals surface area contributed by atoms with Gasteiger partial charge in [0, 0.05) is 16.2 Å². The summed E-state index contributed by atoms with van der Waals surface area (Å²) >= 11 is 0. The van der Waals surface area contributed by atoms with Crippen molar-refractivity contribution in [1.82, 2.24) is 0 Å². The molecule has 12 aromatic rings. The molecule has 1 heterocycles. The van der Waals surface area contributed by atoms with Gasteiger partial charge in [0.2, 0.25) is 0 Å². The van der Waals surface area contributed by atoms with Crippen molar-refractivity contribution in [2.24, 2.45) is 0 Å². The predicted octanol–water partition coefficient (Wildman–Crippen LogP) is 16.7. The topological polar surface area (TPSA) is 13.1 Å². The number of hydrogen-bond donors (Lipinski definition) is 0. The summed E-state index contributed by atoms with van der Waals surface area (Å²) in [6.07, 6.45) is 0. The summed E-state index contributed by atoms with van der Waals surface area (Å²) in [6.45, 7) is 4.76. The molecule has 13 rings (SSSR count). The first-order valence-electron chi connectivity index (χ1n) is 21.0. The second-order valence-corrected chi connectivity index (χ2v) is 17.1. The van der Waals surface area contributed by atoms with E-state index in [-0.39, 0.29) is 5.41 Å². The zero-order valence-electron chi connectivity index (χ0n) is 33.4. The van der Waals surface area contributed by atoms with Crippen LogP contribution in [0.2, 0.25) is 0 Å².